The van der Waals surface area contributed by atoms with Gasteiger partial charge in [-0.2, -0.15) is 0 Å². The van der Waals surface area contributed by atoms with E-state index in [0.29, 0.717) is 11.6 Å². The summed E-state index contributed by atoms with van der Waals surface area (Å²) in [5.41, 5.74) is 3.71. The van der Waals surface area contributed by atoms with Crippen molar-refractivity contribution < 1.29 is 12.8 Å². The highest BCUT2D eigenvalue weighted by Crippen LogP contribution is 2.35. The fourth-order valence-electron chi connectivity index (χ4n) is 3.86. The fraction of sp³-hybridized carbons (Fsp3) is 0.391. The number of nitrogens with one attached hydrogen (secondary N) is 1. The molecule has 0 spiro atoms. The maximum Gasteiger partial charge on any atom is 0.261 e. The van der Waals surface area contributed by atoms with E-state index in [1.165, 1.54) is 5.56 Å². The number of hydrogen-bond acceptors (Lipinski definition) is 3. The second-order valence-corrected chi connectivity index (χ2v) is 10.6. The molecule has 0 saturated heterocycles. The lowest BCUT2D eigenvalue weighted by molar-refractivity contribution is 0.438. The van der Waals surface area contributed by atoms with Crippen LogP contribution in [-0.2, 0) is 28.3 Å². The second-order valence-electron chi connectivity index (χ2n) is 8.94. The minimum absolute atomic E-state index is 0.0156. The largest absolute Gasteiger partial charge is 0.461 e. The molecule has 2 aromatic carbocycles. The van der Waals surface area contributed by atoms with Crippen molar-refractivity contribution >= 4 is 26.7 Å². The molecule has 1 atom stereocenters. The van der Waals surface area contributed by atoms with Gasteiger partial charge in [-0.1, -0.05) is 39.8 Å². The molecule has 1 aliphatic carbocycles. The van der Waals surface area contributed by atoms with Crippen molar-refractivity contribution in [3.63, 3.8) is 0 Å². The molecular formula is C23H27NO3S. The van der Waals surface area contributed by atoms with Gasteiger partial charge in [0.05, 0.1) is 4.90 Å². The molecule has 4 nitrogen and oxygen atoms in total. The fourth-order valence-corrected chi connectivity index (χ4v) is 4.91. The Kier molecular flexibility index (Phi) is 4.53. The van der Waals surface area contributed by atoms with Gasteiger partial charge in [0.25, 0.3) is 10.0 Å². The predicted octanol–water partition coefficient (Wildman–Crippen LogP) is 5.66. The first-order valence-electron chi connectivity index (χ1n) is 9.81. The molecule has 148 valence electrons. The molecule has 1 aliphatic rings. The molecule has 1 N–H and O–H groups in total. The van der Waals surface area contributed by atoms with Gasteiger partial charge in [0.1, 0.15) is 11.3 Å². The zero-order valence-corrected chi connectivity index (χ0v) is 17.7. The van der Waals surface area contributed by atoms with E-state index in [0.717, 1.165) is 41.6 Å². The predicted molar refractivity (Wildman–Crippen MR) is 113 cm³/mol. The van der Waals surface area contributed by atoms with Crippen molar-refractivity contribution in [2.45, 2.75) is 57.3 Å². The van der Waals surface area contributed by atoms with Crippen LogP contribution in [0.25, 0.3) is 11.0 Å². The SMILES string of the molecule is C[C@@H]1CCc2oc3ccc(NS(=O)(=O)c4ccc(C(C)(C)C)cc4)cc3c2C1. The number of rotatable bonds is 3. The Labute approximate surface area is 167 Å². The van der Waals surface area contributed by atoms with Crippen molar-refractivity contribution in [2.24, 2.45) is 5.92 Å². The Hall–Kier alpha value is -2.27. The molecule has 28 heavy (non-hydrogen) atoms. The molecule has 0 bridgehead atoms. The third kappa shape index (κ3) is 3.55. The van der Waals surface area contributed by atoms with E-state index >= 15 is 0 Å². The first-order valence-corrected chi connectivity index (χ1v) is 11.3. The van der Waals surface area contributed by atoms with Crippen molar-refractivity contribution in [1.29, 1.82) is 0 Å². The quantitative estimate of drug-likeness (QED) is 0.621. The normalized spacial score (nSPS) is 17.5. The average Bonchev–Trinajstić information content (AvgIpc) is 2.98. The summed E-state index contributed by atoms with van der Waals surface area (Å²) in [5, 5.41) is 1.02. The highest BCUT2D eigenvalue weighted by Gasteiger charge is 2.23. The van der Waals surface area contributed by atoms with E-state index in [9.17, 15) is 8.42 Å². The topological polar surface area (TPSA) is 59.3 Å². The van der Waals surface area contributed by atoms with Crippen molar-refractivity contribution in [3.05, 3.63) is 59.4 Å². The number of aryl methyl sites for hydroxylation is 1. The van der Waals surface area contributed by atoms with E-state index in [1.807, 2.05) is 24.3 Å². The highest BCUT2D eigenvalue weighted by molar-refractivity contribution is 7.92. The molecule has 0 radical (unpaired) electrons. The summed E-state index contributed by atoms with van der Waals surface area (Å²) in [6.07, 6.45) is 3.07. The van der Waals surface area contributed by atoms with Gasteiger partial charge in [-0.25, -0.2) is 8.42 Å². The van der Waals surface area contributed by atoms with Crippen molar-refractivity contribution in [3.8, 4) is 0 Å². The number of hydrogen-bond donors (Lipinski definition) is 1. The van der Waals surface area contributed by atoms with Gasteiger partial charge in [0, 0.05) is 23.1 Å². The van der Waals surface area contributed by atoms with Gasteiger partial charge < -0.3 is 4.42 Å². The second kappa shape index (κ2) is 6.66. The van der Waals surface area contributed by atoms with E-state index in [1.54, 1.807) is 18.2 Å². The summed E-state index contributed by atoms with van der Waals surface area (Å²) in [6.45, 7) is 8.57. The molecule has 5 heteroatoms. The summed E-state index contributed by atoms with van der Waals surface area (Å²) >= 11 is 0. The maximum atomic E-state index is 12.8. The van der Waals surface area contributed by atoms with E-state index in [4.69, 9.17) is 4.42 Å². The van der Waals surface area contributed by atoms with E-state index in [2.05, 4.69) is 32.4 Å². The molecule has 0 unspecified atom stereocenters. The van der Waals surface area contributed by atoms with Crippen LogP contribution in [-0.4, -0.2) is 8.42 Å². The lowest BCUT2D eigenvalue weighted by Crippen LogP contribution is -2.15. The number of furan rings is 1. The number of anilines is 1. The lowest BCUT2D eigenvalue weighted by Gasteiger charge is -2.19. The van der Waals surface area contributed by atoms with Crippen LogP contribution in [0, 0.1) is 5.92 Å². The van der Waals surface area contributed by atoms with Gasteiger partial charge >= 0.3 is 0 Å². The van der Waals surface area contributed by atoms with Crippen LogP contribution in [0.3, 0.4) is 0 Å². The Morgan fingerprint density at radius 1 is 1.07 bits per heavy atom. The zero-order valence-electron chi connectivity index (χ0n) is 16.9. The molecule has 1 heterocycles. The van der Waals surface area contributed by atoms with Crippen LogP contribution in [0.4, 0.5) is 5.69 Å². The molecule has 0 fully saturated rings. The zero-order chi connectivity index (χ0) is 20.1. The van der Waals surface area contributed by atoms with Gasteiger partial charge in [0.2, 0.25) is 0 Å². The summed E-state index contributed by atoms with van der Waals surface area (Å²) in [6, 6.07) is 12.6. The van der Waals surface area contributed by atoms with Gasteiger partial charge in [-0.15, -0.1) is 0 Å². The summed E-state index contributed by atoms with van der Waals surface area (Å²) in [7, 11) is -3.64. The Morgan fingerprint density at radius 3 is 2.46 bits per heavy atom. The van der Waals surface area contributed by atoms with Crippen LogP contribution in [0.5, 0.6) is 0 Å². The molecular weight excluding hydrogens is 370 g/mol. The van der Waals surface area contributed by atoms with Gasteiger partial charge in [0.15, 0.2) is 0 Å². The van der Waals surface area contributed by atoms with Crippen molar-refractivity contribution in [2.75, 3.05) is 4.72 Å². The van der Waals surface area contributed by atoms with E-state index < -0.39 is 10.0 Å². The summed E-state index contributed by atoms with van der Waals surface area (Å²) in [5.74, 6) is 1.67. The minimum Gasteiger partial charge on any atom is -0.461 e. The highest BCUT2D eigenvalue weighted by atomic mass is 32.2. The molecule has 0 saturated carbocycles. The smallest absolute Gasteiger partial charge is 0.261 e. The van der Waals surface area contributed by atoms with Crippen molar-refractivity contribution in [1.82, 2.24) is 0 Å². The Morgan fingerprint density at radius 2 is 1.79 bits per heavy atom. The maximum absolute atomic E-state index is 12.8. The summed E-state index contributed by atoms with van der Waals surface area (Å²) in [4.78, 5) is 0.267. The molecule has 0 aliphatic heterocycles. The average molecular weight is 398 g/mol. The molecule has 4 rings (SSSR count). The van der Waals surface area contributed by atoms with E-state index in [-0.39, 0.29) is 10.3 Å². The first kappa shape index (κ1) is 19.1. The number of fused-ring (bicyclic) bond motifs is 3. The minimum atomic E-state index is -3.64. The molecule has 1 aromatic heterocycles. The van der Waals surface area contributed by atoms with Crippen LogP contribution in [0.15, 0.2) is 51.8 Å². The van der Waals surface area contributed by atoms with Gasteiger partial charge in [-0.3, -0.25) is 4.72 Å². The third-order valence-electron chi connectivity index (χ3n) is 5.57. The molecule has 0 amide bonds. The lowest BCUT2D eigenvalue weighted by atomic mass is 9.87. The van der Waals surface area contributed by atoms with Gasteiger partial charge in [-0.05, 0) is 60.1 Å². The Bertz CT molecular complexity index is 1120. The summed E-state index contributed by atoms with van der Waals surface area (Å²) < 4.78 is 34.4. The first-order chi connectivity index (χ1) is 13.1. The van der Waals surface area contributed by atoms with Crippen LogP contribution >= 0.6 is 0 Å². The van der Waals surface area contributed by atoms with Crippen LogP contribution < -0.4 is 4.72 Å². The van der Waals surface area contributed by atoms with Crippen LogP contribution in [0.1, 0.15) is 51.0 Å². The standard InChI is InChI=1S/C23H27NO3S/c1-15-5-11-21-19(13-15)20-14-17(8-12-22(20)27-21)24-28(25,26)18-9-6-16(7-10-18)23(2,3)4/h6-10,12,14-15,24H,5,11,13H2,1-4H3/t15-/m1/s1. The number of benzene rings is 2. The van der Waals surface area contributed by atoms with Crippen LogP contribution in [0.2, 0.25) is 0 Å². The Balaban J connectivity index is 1.64. The third-order valence-corrected chi connectivity index (χ3v) is 6.97. The molecule has 3 aromatic rings. The monoisotopic (exact) mass is 397 g/mol. The number of sulfonamides is 1.